The largest absolute Gasteiger partial charge is 0.332 e. The minimum absolute atomic E-state index is 0.426. The molecule has 19 heavy (non-hydrogen) atoms. The van der Waals surface area contributed by atoms with Crippen LogP contribution >= 0.6 is 7.60 Å². The van der Waals surface area contributed by atoms with Gasteiger partial charge in [-0.15, -0.1) is 0 Å². The summed E-state index contributed by atoms with van der Waals surface area (Å²) in [5, 5.41) is 0. The third-order valence-corrected chi connectivity index (χ3v) is 3.69. The van der Waals surface area contributed by atoms with Crippen molar-refractivity contribution in [2.75, 3.05) is 6.16 Å². The molecule has 0 spiro atoms. The summed E-state index contributed by atoms with van der Waals surface area (Å²) in [6, 6.07) is 7.66. The van der Waals surface area contributed by atoms with Gasteiger partial charge in [-0.3, -0.25) is 9.36 Å². The maximum Gasteiger partial charge on any atom is 0.332 e. The van der Waals surface area contributed by atoms with Crippen LogP contribution in [0.15, 0.2) is 24.3 Å². The predicted molar refractivity (Wildman–Crippen MR) is 75.3 cm³/mol. The topological polar surface area (TPSA) is 74.6 Å². The van der Waals surface area contributed by atoms with Crippen LogP contribution in [0.4, 0.5) is 0 Å². The fourth-order valence-electron chi connectivity index (χ4n) is 1.94. The monoisotopic (exact) mass is 284 g/mol. The summed E-state index contributed by atoms with van der Waals surface area (Å²) in [6.07, 6.45) is 0.285. The minimum atomic E-state index is -4.27. The SMILES string of the molecule is CC(C)Cc1ccc(C(C)C(=O)CP(=O)(O)O)cc1. The number of ketones is 1. The molecule has 0 fully saturated rings. The lowest BCUT2D eigenvalue weighted by molar-refractivity contribution is -0.117. The first-order chi connectivity index (χ1) is 8.69. The first-order valence-corrected chi connectivity index (χ1v) is 8.15. The summed E-state index contributed by atoms with van der Waals surface area (Å²) < 4.78 is 10.8. The number of carbonyl (C=O) groups is 1. The zero-order chi connectivity index (χ0) is 14.6. The van der Waals surface area contributed by atoms with Crippen molar-refractivity contribution in [3.63, 3.8) is 0 Å². The van der Waals surface area contributed by atoms with Crippen molar-refractivity contribution in [3.05, 3.63) is 35.4 Å². The first-order valence-electron chi connectivity index (χ1n) is 6.35. The third-order valence-electron chi connectivity index (χ3n) is 2.97. The third kappa shape index (κ3) is 5.68. The van der Waals surface area contributed by atoms with Crippen LogP contribution in [0.3, 0.4) is 0 Å². The van der Waals surface area contributed by atoms with E-state index in [9.17, 15) is 9.36 Å². The highest BCUT2D eigenvalue weighted by molar-refractivity contribution is 7.52. The zero-order valence-electron chi connectivity index (χ0n) is 11.5. The Morgan fingerprint density at radius 1 is 1.16 bits per heavy atom. The van der Waals surface area contributed by atoms with Crippen LogP contribution in [0.5, 0.6) is 0 Å². The van der Waals surface area contributed by atoms with E-state index in [1.807, 2.05) is 24.3 Å². The first kappa shape index (κ1) is 16.1. The van der Waals surface area contributed by atoms with E-state index in [0.29, 0.717) is 5.92 Å². The number of hydrogen-bond acceptors (Lipinski definition) is 2. The second kappa shape index (κ2) is 6.47. The zero-order valence-corrected chi connectivity index (χ0v) is 12.4. The summed E-state index contributed by atoms with van der Waals surface area (Å²) in [4.78, 5) is 29.4. The Balaban J connectivity index is 2.75. The molecule has 0 amide bonds. The van der Waals surface area contributed by atoms with Crippen LogP contribution in [0.2, 0.25) is 0 Å². The van der Waals surface area contributed by atoms with E-state index < -0.39 is 25.5 Å². The molecule has 2 N–H and O–H groups in total. The van der Waals surface area contributed by atoms with Crippen LogP contribution in [0, 0.1) is 5.92 Å². The molecule has 0 aliphatic rings. The second-order valence-electron chi connectivity index (χ2n) is 5.35. The summed E-state index contributed by atoms with van der Waals surface area (Å²) >= 11 is 0. The highest BCUT2D eigenvalue weighted by Gasteiger charge is 2.24. The Kier molecular flexibility index (Phi) is 5.48. The average molecular weight is 284 g/mol. The van der Waals surface area contributed by atoms with E-state index >= 15 is 0 Å². The van der Waals surface area contributed by atoms with Gasteiger partial charge < -0.3 is 9.79 Å². The lowest BCUT2D eigenvalue weighted by Crippen LogP contribution is -2.14. The van der Waals surface area contributed by atoms with Gasteiger partial charge in [-0.25, -0.2) is 0 Å². The molecule has 1 aromatic rings. The lowest BCUT2D eigenvalue weighted by atomic mass is 9.94. The van der Waals surface area contributed by atoms with Crippen molar-refractivity contribution >= 4 is 13.4 Å². The molecule has 1 unspecified atom stereocenters. The molecule has 0 aliphatic heterocycles. The van der Waals surface area contributed by atoms with Crippen LogP contribution in [-0.4, -0.2) is 21.7 Å². The number of rotatable bonds is 6. The number of Topliss-reactive ketones (excluding diaryl/α,β-unsaturated/α-hetero) is 1. The van der Waals surface area contributed by atoms with Crippen molar-refractivity contribution in [1.29, 1.82) is 0 Å². The second-order valence-corrected chi connectivity index (χ2v) is 7.00. The lowest BCUT2D eigenvalue weighted by Gasteiger charge is -2.13. The summed E-state index contributed by atoms with van der Waals surface area (Å²) in [7, 11) is -4.27. The molecule has 0 aromatic heterocycles. The fraction of sp³-hybridized carbons (Fsp3) is 0.500. The van der Waals surface area contributed by atoms with Crippen molar-refractivity contribution in [3.8, 4) is 0 Å². The van der Waals surface area contributed by atoms with Crippen LogP contribution in [0.25, 0.3) is 0 Å². The molecule has 0 bridgehead atoms. The van der Waals surface area contributed by atoms with E-state index in [1.165, 1.54) is 5.56 Å². The van der Waals surface area contributed by atoms with Crippen molar-refractivity contribution in [1.82, 2.24) is 0 Å². The molecule has 4 nitrogen and oxygen atoms in total. The average Bonchev–Trinajstić information content (AvgIpc) is 2.26. The van der Waals surface area contributed by atoms with Crippen LogP contribution in [-0.2, 0) is 15.8 Å². The number of benzene rings is 1. The maximum atomic E-state index is 11.7. The van der Waals surface area contributed by atoms with Gasteiger partial charge in [0.05, 0.1) is 0 Å². The quantitative estimate of drug-likeness (QED) is 0.788. The fourth-order valence-corrected chi connectivity index (χ4v) is 2.62. The van der Waals surface area contributed by atoms with Crippen molar-refractivity contribution in [2.45, 2.75) is 33.1 Å². The van der Waals surface area contributed by atoms with E-state index in [-0.39, 0.29) is 0 Å². The van der Waals surface area contributed by atoms with Crippen molar-refractivity contribution < 1.29 is 19.1 Å². The predicted octanol–water partition coefficient (Wildman–Crippen LogP) is 2.74. The summed E-state index contributed by atoms with van der Waals surface area (Å²) in [5.41, 5.74) is 2.00. The molecule has 5 heteroatoms. The van der Waals surface area contributed by atoms with Gasteiger partial charge in [-0.05, 0) is 23.5 Å². The molecule has 1 rings (SSSR count). The smallest absolute Gasteiger partial charge is 0.324 e. The Hall–Kier alpha value is -0.960. The van der Waals surface area contributed by atoms with Crippen LogP contribution in [0.1, 0.15) is 37.8 Å². The Morgan fingerprint density at radius 3 is 2.11 bits per heavy atom. The van der Waals surface area contributed by atoms with E-state index in [0.717, 1.165) is 12.0 Å². The normalized spacial score (nSPS) is 13.6. The Bertz CT molecular complexity index is 473. The molecule has 1 aromatic carbocycles. The highest BCUT2D eigenvalue weighted by atomic mass is 31.2. The summed E-state index contributed by atoms with van der Waals surface area (Å²) in [5.74, 6) is -0.342. The van der Waals surface area contributed by atoms with E-state index in [1.54, 1.807) is 6.92 Å². The molecule has 0 radical (unpaired) electrons. The molecular weight excluding hydrogens is 263 g/mol. The molecule has 106 valence electrons. The van der Waals surface area contributed by atoms with Gasteiger partial charge in [-0.1, -0.05) is 45.0 Å². The Morgan fingerprint density at radius 2 is 1.68 bits per heavy atom. The van der Waals surface area contributed by atoms with Gasteiger partial charge in [0.15, 0.2) is 5.78 Å². The van der Waals surface area contributed by atoms with Gasteiger partial charge >= 0.3 is 7.60 Å². The van der Waals surface area contributed by atoms with Gasteiger partial charge in [0.1, 0.15) is 6.16 Å². The molecule has 0 saturated heterocycles. The standard InChI is InChI=1S/C14H21O4P/c1-10(2)8-12-4-6-13(7-5-12)11(3)14(15)9-19(16,17)18/h4-7,10-11H,8-9H2,1-3H3,(H2,16,17,18). The van der Waals surface area contributed by atoms with Crippen LogP contribution < -0.4 is 0 Å². The molecule has 0 heterocycles. The Labute approximate surface area is 114 Å². The van der Waals surface area contributed by atoms with Gasteiger partial charge in [0.25, 0.3) is 0 Å². The highest BCUT2D eigenvalue weighted by Crippen LogP contribution is 2.36. The molecular formula is C14H21O4P. The van der Waals surface area contributed by atoms with Gasteiger partial charge in [0.2, 0.25) is 0 Å². The minimum Gasteiger partial charge on any atom is -0.324 e. The van der Waals surface area contributed by atoms with Crippen molar-refractivity contribution in [2.24, 2.45) is 5.92 Å². The molecule has 0 aliphatic carbocycles. The molecule has 1 atom stereocenters. The number of hydrogen-bond donors (Lipinski definition) is 2. The molecule has 0 saturated carbocycles. The number of carbonyl (C=O) groups excluding carboxylic acids is 1. The van der Waals surface area contributed by atoms with Gasteiger partial charge in [0, 0.05) is 5.92 Å². The maximum absolute atomic E-state index is 11.7. The van der Waals surface area contributed by atoms with Gasteiger partial charge in [-0.2, -0.15) is 0 Å². The summed E-state index contributed by atoms with van der Waals surface area (Å²) in [6.45, 7) is 5.95. The van der Waals surface area contributed by atoms with E-state index in [2.05, 4.69) is 13.8 Å². The van der Waals surface area contributed by atoms with E-state index in [4.69, 9.17) is 9.79 Å².